The van der Waals surface area contributed by atoms with Crippen molar-refractivity contribution in [3.8, 4) is 0 Å². The van der Waals surface area contributed by atoms with Gasteiger partial charge in [0.2, 0.25) is 0 Å². The summed E-state index contributed by atoms with van der Waals surface area (Å²) in [6, 6.07) is 0. The summed E-state index contributed by atoms with van der Waals surface area (Å²) in [5.41, 5.74) is 0. The normalized spacial score (nSPS) is 11.9. The molecule has 0 aromatic carbocycles. The Kier molecular flexibility index (Phi) is 26.7. The Morgan fingerprint density at radius 1 is 0.694 bits per heavy atom. The van der Waals surface area contributed by atoms with Crippen molar-refractivity contribution in [1.82, 2.24) is 0 Å². The fourth-order valence-corrected chi connectivity index (χ4v) is 4.39. The van der Waals surface area contributed by atoms with Gasteiger partial charge >= 0.3 is 6.18 Å². The lowest BCUT2D eigenvalue weighted by Crippen LogP contribution is -2.50. The fraction of sp³-hybridized carbons (Fsp3) is 0.964. The molecule has 0 rings (SSSR count). The number of aliphatic hydroxyl groups excluding tert-OH is 1. The number of unbranched alkanes of at least 4 members (excludes halogenated alkanes) is 15. The van der Waals surface area contributed by atoms with Crippen LogP contribution in [0.2, 0.25) is 0 Å². The van der Waals surface area contributed by atoms with Crippen molar-refractivity contribution in [3.63, 3.8) is 0 Å². The number of nitrogens with zero attached hydrogens (tertiary/aromatic N) is 1. The number of quaternary nitrogens is 1. The van der Waals surface area contributed by atoms with Crippen molar-refractivity contribution < 1.29 is 37.4 Å². The lowest BCUT2D eigenvalue weighted by molar-refractivity contribution is -0.925. The fourth-order valence-electron chi connectivity index (χ4n) is 4.39. The molecule has 0 atom stereocenters. The van der Waals surface area contributed by atoms with E-state index in [-0.39, 0.29) is 6.61 Å². The summed E-state index contributed by atoms with van der Waals surface area (Å²) in [6.45, 7) is 13.1. The SMILES string of the molecule is CCCCCCCCCCCCCCCCCC[N+](CC)(CC)CCOCCO.O=C([O-])C(F)(F)F. The van der Waals surface area contributed by atoms with Gasteiger partial charge in [-0.15, -0.1) is 0 Å². The number of rotatable bonds is 24. The predicted molar refractivity (Wildman–Crippen MR) is 140 cm³/mol. The summed E-state index contributed by atoms with van der Waals surface area (Å²) in [5.74, 6) is -3.01. The highest BCUT2D eigenvalue weighted by molar-refractivity contribution is 5.70. The smallest absolute Gasteiger partial charge is 0.430 e. The van der Waals surface area contributed by atoms with Gasteiger partial charge in [0.05, 0.1) is 39.5 Å². The molecular formula is C28H56F3NO4. The molecule has 0 saturated carbocycles. The summed E-state index contributed by atoms with van der Waals surface area (Å²) in [6.07, 6.45) is 17.7. The topological polar surface area (TPSA) is 69.6 Å². The van der Waals surface area contributed by atoms with Gasteiger partial charge in [0.25, 0.3) is 0 Å². The maximum absolute atomic E-state index is 10.5. The first kappa shape index (κ1) is 37.3. The molecule has 0 spiro atoms. The zero-order valence-electron chi connectivity index (χ0n) is 23.5. The van der Waals surface area contributed by atoms with Crippen LogP contribution < -0.4 is 5.11 Å². The Bertz CT molecular complexity index is 472. The molecule has 0 radical (unpaired) electrons. The minimum atomic E-state index is -5.19. The van der Waals surface area contributed by atoms with Crippen molar-refractivity contribution in [1.29, 1.82) is 0 Å². The van der Waals surface area contributed by atoms with Crippen LogP contribution in [0.4, 0.5) is 13.2 Å². The highest BCUT2D eigenvalue weighted by Gasteiger charge is 2.28. The van der Waals surface area contributed by atoms with Gasteiger partial charge in [0, 0.05) is 0 Å². The second-order valence-electron chi connectivity index (χ2n) is 9.85. The third-order valence-corrected chi connectivity index (χ3v) is 7.00. The summed E-state index contributed by atoms with van der Waals surface area (Å²) < 4.78 is 38.2. The van der Waals surface area contributed by atoms with Crippen LogP contribution in [0.5, 0.6) is 0 Å². The number of carboxylic acids is 1. The molecule has 0 aliphatic heterocycles. The second-order valence-corrected chi connectivity index (χ2v) is 9.85. The van der Waals surface area contributed by atoms with Crippen molar-refractivity contribution in [3.05, 3.63) is 0 Å². The van der Waals surface area contributed by atoms with Gasteiger partial charge in [0.1, 0.15) is 12.5 Å². The monoisotopic (exact) mass is 527 g/mol. The van der Waals surface area contributed by atoms with Crippen LogP contribution >= 0.6 is 0 Å². The van der Waals surface area contributed by atoms with Gasteiger partial charge in [-0.1, -0.05) is 96.8 Å². The van der Waals surface area contributed by atoms with Gasteiger partial charge in [0.15, 0.2) is 0 Å². The van der Waals surface area contributed by atoms with E-state index < -0.39 is 12.1 Å². The van der Waals surface area contributed by atoms with Crippen LogP contribution in [0.3, 0.4) is 0 Å². The Morgan fingerprint density at radius 3 is 1.36 bits per heavy atom. The van der Waals surface area contributed by atoms with Gasteiger partial charge in [-0.2, -0.15) is 13.2 Å². The number of carbonyl (C=O) groups excluding carboxylic acids is 1. The van der Waals surface area contributed by atoms with E-state index in [4.69, 9.17) is 19.7 Å². The van der Waals surface area contributed by atoms with Crippen LogP contribution in [0, 0.1) is 0 Å². The number of carboxylic acid groups (broad SMARTS) is 1. The van der Waals surface area contributed by atoms with E-state index in [9.17, 15) is 13.2 Å². The summed E-state index contributed by atoms with van der Waals surface area (Å²) >= 11 is 0. The molecule has 0 aliphatic carbocycles. The van der Waals surface area contributed by atoms with Gasteiger partial charge in [-0.3, -0.25) is 0 Å². The van der Waals surface area contributed by atoms with Crippen molar-refractivity contribution in [2.45, 2.75) is 130 Å². The Balaban J connectivity index is 0. The molecule has 218 valence electrons. The molecule has 5 nitrogen and oxygen atoms in total. The van der Waals surface area contributed by atoms with Crippen LogP contribution in [-0.2, 0) is 9.53 Å². The first-order chi connectivity index (χ1) is 17.2. The Hall–Kier alpha value is -0.860. The Morgan fingerprint density at radius 2 is 1.06 bits per heavy atom. The zero-order valence-corrected chi connectivity index (χ0v) is 23.5. The van der Waals surface area contributed by atoms with E-state index in [2.05, 4.69) is 20.8 Å². The van der Waals surface area contributed by atoms with E-state index in [1.165, 1.54) is 127 Å². The number of aliphatic carboxylic acids is 1. The standard InChI is InChI=1S/C26H56NO2.C2HF3O2/c1-4-7-8-9-10-11-12-13-14-15-16-17-18-19-20-21-22-27(5-2,6-3)23-25-29-26-24-28;3-2(4,5)1(6)7/h28H,4-26H2,1-3H3;(H,6,7)/q+1;/p-1. The summed E-state index contributed by atoms with van der Waals surface area (Å²) in [5, 5.41) is 17.6. The average Bonchev–Trinajstić information content (AvgIpc) is 2.85. The van der Waals surface area contributed by atoms with E-state index in [0.29, 0.717) is 6.61 Å². The largest absolute Gasteiger partial charge is 0.542 e. The minimum Gasteiger partial charge on any atom is -0.542 e. The number of carbonyl (C=O) groups is 1. The molecule has 0 aromatic rings. The van der Waals surface area contributed by atoms with Crippen LogP contribution in [0.15, 0.2) is 0 Å². The van der Waals surface area contributed by atoms with Gasteiger partial charge in [-0.05, 0) is 26.7 Å². The average molecular weight is 528 g/mol. The molecule has 0 amide bonds. The number of hydrogen-bond acceptors (Lipinski definition) is 4. The van der Waals surface area contributed by atoms with Crippen molar-refractivity contribution >= 4 is 5.97 Å². The molecule has 0 heterocycles. The van der Waals surface area contributed by atoms with Crippen LogP contribution in [0.1, 0.15) is 124 Å². The van der Waals surface area contributed by atoms with E-state index in [1.807, 2.05) is 0 Å². The third-order valence-electron chi connectivity index (χ3n) is 7.00. The maximum Gasteiger partial charge on any atom is 0.430 e. The van der Waals surface area contributed by atoms with E-state index in [0.717, 1.165) is 13.2 Å². The van der Waals surface area contributed by atoms with Crippen LogP contribution in [-0.4, -0.2) is 67.7 Å². The molecule has 0 unspecified atom stereocenters. The molecule has 0 bridgehead atoms. The molecule has 0 fully saturated rings. The molecule has 0 aromatic heterocycles. The van der Waals surface area contributed by atoms with Gasteiger partial charge in [-0.25, -0.2) is 0 Å². The molecule has 0 aliphatic rings. The van der Waals surface area contributed by atoms with E-state index >= 15 is 0 Å². The molecule has 36 heavy (non-hydrogen) atoms. The number of likely N-dealkylation sites (N-methyl/N-ethyl adjacent to an activating group) is 1. The third kappa shape index (κ3) is 24.8. The molecular weight excluding hydrogens is 471 g/mol. The number of hydrogen-bond donors (Lipinski definition) is 1. The number of ether oxygens (including phenoxy) is 1. The minimum absolute atomic E-state index is 0.136. The predicted octanol–water partition coefficient (Wildman–Crippen LogP) is 6.41. The number of halogens is 3. The lowest BCUT2D eigenvalue weighted by Gasteiger charge is -2.37. The van der Waals surface area contributed by atoms with E-state index in [1.54, 1.807) is 0 Å². The van der Waals surface area contributed by atoms with Crippen molar-refractivity contribution in [2.24, 2.45) is 0 Å². The summed E-state index contributed by atoms with van der Waals surface area (Å²) in [7, 11) is 0. The molecule has 8 heteroatoms. The molecule has 0 saturated heterocycles. The van der Waals surface area contributed by atoms with Gasteiger partial charge < -0.3 is 24.2 Å². The zero-order chi connectivity index (χ0) is 27.5. The second kappa shape index (κ2) is 25.8. The highest BCUT2D eigenvalue weighted by atomic mass is 19.4. The quantitative estimate of drug-likeness (QED) is 0.116. The maximum atomic E-state index is 10.5. The highest BCUT2D eigenvalue weighted by Crippen LogP contribution is 2.15. The summed E-state index contributed by atoms with van der Waals surface area (Å²) in [4.78, 5) is 8.78. The lowest BCUT2D eigenvalue weighted by atomic mass is 10.0. The number of aliphatic hydroxyl groups is 1. The van der Waals surface area contributed by atoms with Crippen LogP contribution in [0.25, 0.3) is 0 Å². The first-order valence-electron chi connectivity index (χ1n) is 14.5. The number of alkyl halides is 3. The van der Waals surface area contributed by atoms with Crippen molar-refractivity contribution in [2.75, 3.05) is 46.0 Å². The Labute approximate surface area is 219 Å². The first-order valence-corrected chi connectivity index (χ1v) is 14.5. The molecule has 1 N–H and O–H groups in total.